The van der Waals surface area contributed by atoms with Crippen molar-refractivity contribution in [1.29, 1.82) is 0 Å². The van der Waals surface area contributed by atoms with Gasteiger partial charge in [-0.25, -0.2) is 8.51 Å². The first kappa shape index (κ1) is 9.61. The molecule has 2 rings (SSSR count). The van der Waals surface area contributed by atoms with E-state index in [0.29, 0.717) is 4.90 Å². The number of hydrogen-bond donors (Lipinski definition) is 1. The van der Waals surface area contributed by atoms with E-state index in [4.69, 9.17) is 0 Å². The fourth-order valence-electron chi connectivity index (χ4n) is 1.51. The summed E-state index contributed by atoms with van der Waals surface area (Å²) < 4.78 is 13.8. The van der Waals surface area contributed by atoms with Gasteiger partial charge in [0.1, 0.15) is 11.0 Å². The highest BCUT2D eigenvalue weighted by atomic mass is 32.2. The lowest BCUT2D eigenvalue weighted by molar-refractivity contribution is 0.535. The molecule has 5 heteroatoms. The van der Waals surface area contributed by atoms with Crippen LogP contribution in [0.5, 0.6) is 0 Å². The third-order valence-corrected chi connectivity index (χ3v) is 3.75. The lowest BCUT2D eigenvalue weighted by Crippen LogP contribution is -2.22. The summed E-state index contributed by atoms with van der Waals surface area (Å²) >= 11 is 0. The second-order valence-electron chi connectivity index (χ2n) is 3.27. The molecule has 0 saturated carbocycles. The molecular weight excluding hydrogens is 200 g/mol. The smallest absolute Gasteiger partial charge is 0.247 e. The van der Waals surface area contributed by atoms with Gasteiger partial charge in [-0.15, -0.1) is 0 Å². The summed E-state index contributed by atoms with van der Waals surface area (Å²) in [6, 6.07) is 3.02. The molecule has 76 valence electrons. The van der Waals surface area contributed by atoms with Crippen LogP contribution in [-0.4, -0.2) is 26.6 Å². The van der Waals surface area contributed by atoms with Crippen LogP contribution in [0.15, 0.2) is 28.0 Å². The van der Waals surface area contributed by atoms with Gasteiger partial charge in [0.15, 0.2) is 0 Å². The average Bonchev–Trinajstić information content (AvgIpc) is 2.71. The van der Waals surface area contributed by atoms with Crippen LogP contribution in [0.2, 0.25) is 0 Å². The van der Waals surface area contributed by atoms with Crippen LogP contribution in [0.4, 0.5) is 0 Å². The van der Waals surface area contributed by atoms with Crippen molar-refractivity contribution in [1.82, 2.24) is 9.29 Å². The number of nitrogens with one attached hydrogen (secondary N) is 1. The number of pyridine rings is 1. The van der Waals surface area contributed by atoms with Crippen molar-refractivity contribution < 1.29 is 4.21 Å². The SMILES string of the molecule is O=c1ccc(S(=O)N2CCCC2)c[nH]1. The highest BCUT2D eigenvalue weighted by molar-refractivity contribution is 7.82. The Hall–Kier alpha value is -0.940. The molecule has 1 atom stereocenters. The van der Waals surface area contributed by atoms with E-state index in [-0.39, 0.29) is 5.56 Å². The highest BCUT2D eigenvalue weighted by Crippen LogP contribution is 2.15. The van der Waals surface area contributed by atoms with Crippen molar-refractivity contribution in [2.24, 2.45) is 0 Å². The van der Waals surface area contributed by atoms with E-state index < -0.39 is 11.0 Å². The minimum absolute atomic E-state index is 0.160. The van der Waals surface area contributed by atoms with E-state index in [1.807, 2.05) is 4.31 Å². The molecule has 1 unspecified atom stereocenters. The Morgan fingerprint density at radius 3 is 2.57 bits per heavy atom. The predicted octanol–water partition coefficient (Wildman–Crippen LogP) is 0.493. The van der Waals surface area contributed by atoms with Gasteiger partial charge in [-0.05, 0) is 18.9 Å². The third-order valence-electron chi connectivity index (χ3n) is 2.26. The fraction of sp³-hybridized carbons (Fsp3) is 0.444. The lowest BCUT2D eigenvalue weighted by Gasteiger charge is -2.12. The summed E-state index contributed by atoms with van der Waals surface area (Å²) in [5, 5.41) is 0. The summed E-state index contributed by atoms with van der Waals surface area (Å²) in [5.41, 5.74) is -0.160. The van der Waals surface area contributed by atoms with Crippen LogP contribution in [-0.2, 0) is 11.0 Å². The van der Waals surface area contributed by atoms with E-state index in [0.717, 1.165) is 25.9 Å². The molecule has 1 N–H and O–H groups in total. The quantitative estimate of drug-likeness (QED) is 0.776. The van der Waals surface area contributed by atoms with Gasteiger partial charge in [0.2, 0.25) is 5.56 Å². The Kier molecular flexibility index (Phi) is 2.79. The molecule has 14 heavy (non-hydrogen) atoms. The molecule has 0 aliphatic carbocycles. The standard InChI is InChI=1S/C9H12N2O2S/c12-9-4-3-8(7-10-9)14(13)11-5-1-2-6-11/h3-4,7H,1-2,5-6H2,(H,10,12). The average molecular weight is 212 g/mol. The molecule has 0 amide bonds. The van der Waals surface area contributed by atoms with Crippen molar-refractivity contribution in [2.45, 2.75) is 17.7 Å². The van der Waals surface area contributed by atoms with Crippen molar-refractivity contribution in [3.05, 3.63) is 28.7 Å². The van der Waals surface area contributed by atoms with E-state index in [1.165, 1.54) is 12.3 Å². The van der Waals surface area contributed by atoms with Crippen molar-refractivity contribution >= 4 is 11.0 Å². The summed E-state index contributed by atoms with van der Waals surface area (Å²) in [7, 11) is -1.10. The maximum atomic E-state index is 11.9. The highest BCUT2D eigenvalue weighted by Gasteiger charge is 2.18. The van der Waals surface area contributed by atoms with Crippen LogP contribution >= 0.6 is 0 Å². The van der Waals surface area contributed by atoms with Gasteiger partial charge >= 0.3 is 0 Å². The van der Waals surface area contributed by atoms with Crippen LogP contribution in [0.3, 0.4) is 0 Å². The zero-order valence-electron chi connectivity index (χ0n) is 7.73. The van der Waals surface area contributed by atoms with E-state index in [2.05, 4.69) is 4.98 Å². The Morgan fingerprint density at radius 1 is 1.29 bits per heavy atom. The Balaban J connectivity index is 2.18. The molecular formula is C9H12N2O2S. The van der Waals surface area contributed by atoms with Crippen LogP contribution in [0.25, 0.3) is 0 Å². The summed E-state index contributed by atoms with van der Waals surface area (Å²) in [6.45, 7) is 1.76. The van der Waals surface area contributed by atoms with E-state index >= 15 is 0 Å². The van der Waals surface area contributed by atoms with Gasteiger partial charge in [-0.3, -0.25) is 4.79 Å². The van der Waals surface area contributed by atoms with E-state index in [9.17, 15) is 9.00 Å². The molecule has 2 heterocycles. The van der Waals surface area contributed by atoms with E-state index in [1.54, 1.807) is 6.07 Å². The number of aromatic amines is 1. The molecule has 0 spiro atoms. The number of rotatable bonds is 2. The minimum atomic E-state index is -1.10. The molecule has 0 radical (unpaired) electrons. The van der Waals surface area contributed by atoms with Crippen molar-refractivity contribution in [2.75, 3.05) is 13.1 Å². The Labute approximate surface area is 84.5 Å². The van der Waals surface area contributed by atoms with Gasteiger partial charge in [-0.2, -0.15) is 0 Å². The second kappa shape index (κ2) is 4.06. The Morgan fingerprint density at radius 2 is 2.00 bits per heavy atom. The van der Waals surface area contributed by atoms with Crippen molar-refractivity contribution in [3.63, 3.8) is 0 Å². The zero-order chi connectivity index (χ0) is 9.97. The first-order valence-electron chi connectivity index (χ1n) is 4.63. The van der Waals surface area contributed by atoms with Crippen LogP contribution in [0, 0.1) is 0 Å². The maximum Gasteiger partial charge on any atom is 0.247 e. The number of nitrogens with zero attached hydrogens (tertiary/aromatic N) is 1. The first-order chi connectivity index (χ1) is 6.77. The maximum absolute atomic E-state index is 11.9. The topological polar surface area (TPSA) is 53.2 Å². The molecule has 1 fully saturated rings. The van der Waals surface area contributed by atoms with Crippen LogP contribution in [0.1, 0.15) is 12.8 Å². The van der Waals surface area contributed by atoms with Gasteiger partial charge in [0, 0.05) is 25.4 Å². The Bertz CT molecular complexity index is 376. The third kappa shape index (κ3) is 1.93. The molecule has 4 nitrogen and oxygen atoms in total. The molecule has 1 aliphatic heterocycles. The number of hydrogen-bond acceptors (Lipinski definition) is 2. The molecule has 0 aromatic carbocycles. The predicted molar refractivity (Wildman–Crippen MR) is 54.3 cm³/mol. The lowest BCUT2D eigenvalue weighted by atomic mass is 10.4. The van der Waals surface area contributed by atoms with Gasteiger partial charge in [0.25, 0.3) is 0 Å². The molecule has 0 bridgehead atoms. The van der Waals surface area contributed by atoms with Gasteiger partial charge < -0.3 is 4.98 Å². The molecule has 1 aromatic rings. The van der Waals surface area contributed by atoms with Gasteiger partial charge in [0.05, 0.1) is 4.90 Å². The monoisotopic (exact) mass is 212 g/mol. The van der Waals surface area contributed by atoms with Crippen molar-refractivity contribution in [3.8, 4) is 0 Å². The fourth-order valence-corrected chi connectivity index (χ4v) is 2.74. The molecule has 1 aromatic heterocycles. The van der Waals surface area contributed by atoms with Crippen LogP contribution < -0.4 is 5.56 Å². The minimum Gasteiger partial charge on any atom is -0.328 e. The molecule has 1 saturated heterocycles. The zero-order valence-corrected chi connectivity index (χ0v) is 8.55. The second-order valence-corrected chi connectivity index (χ2v) is 4.76. The molecule has 1 aliphatic rings. The largest absolute Gasteiger partial charge is 0.328 e. The summed E-state index contributed by atoms with van der Waals surface area (Å²) in [5.74, 6) is 0. The summed E-state index contributed by atoms with van der Waals surface area (Å²) in [4.78, 5) is 14.0. The summed E-state index contributed by atoms with van der Waals surface area (Å²) in [6.07, 6.45) is 3.74. The number of aromatic nitrogens is 1. The first-order valence-corrected chi connectivity index (χ1v) is 5.73. The van der Waals surface area contributed by atoms with Gasteiger partial charge in [-0.1, -0.05) is 0 Å². The number of H-pyrrole nitrogens is 1. The normalized spacial score (nSPS) is 19.7.